The molecule has 0 radical (unpaired) electrons. The molecular formula is C21H26N4O2. The average molecular weight is 366 g/mol. The molecule has 6 heteroatoms. The zero-order valence-corrected chi connectivity index (χ0v) is 15.6. The van der Waals surface area contributed by atoms with Crippen LogP contribution in [0.2, 0.25) is 0 Å². The molecule has 3 heterocycles. The van der Waals surface area contributed by atoms with Gasteiger partial charge in [-0.2, -0.15) is 0 Å². The quantitative estimate of drug-likeness (QED) is 0.884. The lowest BCUT2D eigenvalue weighted by Gasteiger charge is -2.36. The third-order valence-electron chi connectivity index (χ3n) is 5.71. The second-order valence-corrected chi connectivity index (χ2v) is 7.47. The molecule has 1 aromatic heterocycles. The largest absolute Gasteiger partial charge is 0.345 e. The van der Waals surface area contributed by atoms with Crippen molar-refractivity contribution in [2.75, 3.05) is 19.6 Å². The molecule has 1 atom stereocenters. The number of carbonyl (C=O) groups is 2. The smallest absolute Gasteiger partial charge is 0.254 e. The van der Waals surface area contributed by atoms with Gasteiger partial charge in [0.1, 0.15) is 0 Å². The maximum atomic E-state index is 13.2. The van der Waals surface area contributed by atoms with E-state index in [1.807, 2.05) is 34.1 Å². The van der Waals surface area contributed by atoms with Gasteiger partial charge in [-0.05, 0) is 44.2 Å². The van der Waals surface area contributed by atoms with E-state index in [-0.39, 0.29) is 17.9 Å². The van der Waals surface area contributed by atoms with Crippen molar-refractivity contribution >= 4 is 11.8 Å². The normalized spacial score (nSPS) is 20.3. The Morgan fingerprint density at radius 3 is 2.93 bits per heavy atom. The van der Waals surface area contributed by atoms with Crippen LogP contribution in [0.5, 0.6) is 0 Å². The Hall–Kier alpha value is -2.63. The second kappa shape index (κ2) is 7.94. The van der Waals surface area contributed by atoms with Gasteiger partial charge in [0.25, 0.3) is 5.91 Å². The molecule has 1 N–H and O–H groups in total. The lowest BCUT2D eigenvalue weighted by molar-refractivity contribution is -0.127. The van der Waals surface area contributed by atoms with E-state index in [0.717, 1.165) is 63.0 Å². The van der Waals surface area contributed by atoms with E-state index in [0.29, 0.717) is 12.0 Å². The van der Waals surface area contributed by atoms with Crippen molar-refractivity contribution in [3.63, 3.8) is 0 Å². The fourth-order valence-electron chi connectivity index (χ4n) is 4.21. The van der Waals surface area contributed by atoms with Crippen LogP contribution in [0.4, 0.5) is 0 Å². The van der Waals surface area contributed by atoms with Gasteiger partial charge >= 0.3 is 0 Å². The monoisotopic (exact) mass is 366 g/mol. The second-order valence-electron chi connectivity index (χ2n) is 7.47. The first kappa shape index (κ1) is 17.8. The van der Waals surface area contributed by atoms with Crippen LogP contribution in [0.1, 0.15) is 48.9 Å². The third kappa shape index (κ3) is 3.89. The molecule has 0 aliphatic carbocycles. The maximum Gasteiger partial charge on any atom is 0.254 e. The Morgan fingerprint density at radius 1 is 1.22 bits per heavy atom. The molecule has 2 saturated heterocycles. The highest BCUT2D eigenvalue weighted by Gasteiger charge is 2.29. The number of amides is 2. The first-order valence-electron chi connectivity index (χ1n) is 9.90. The highest BCUT2D eigenvalue weighted by molar-refractivity contribution is 5.95. The Morgan fingerprint density at radius 2 is 2.15 bits per heavy atom. The summed E-state index contributed by atoms with van der Waals surface area (Å²) in [7, 11) is 0. The van der Waals surface area contributed by atoms with Crippen LogP contribution in [0.25, 0.3) is 11.3 Å². The zero-order valence-electron chi connectivity index (χ0n) is 15.6. The zero-order chi connectivity index (χ0) is 18.6. The molecule has 2 aliphatic rings. The summed E-state index contributed by atoms with van der Waals surface area (Å²) in [6.07, 6.45) is 9.14. The van der Waals surface area contributed by atoms with E-state index in [2.05, 4.69) is 9.97 Å². The molecule has 0 bridgehead atoms. The topological polar surface area (TPSA) is 69.3 Å². The van der Waals surface area contributed by atoms with Gasteiger partial charge in [-0.3, -0.25) is 9.59 Å². The van der Waals surface area contributed by atoms with Crippen molar-refractivity contribution in [2.24, 2.45) is 0 Å². The Balaban J connectivity index is 1.47. The van der Waals surface area contributed by atoms with Crippen LogP contribution < -0.4 is 0 Å². The summed E-state index contributed by atoms with van der Waals surface area (Å²) in [6.45, 7) is 2.43. The number of likely N-dealkylation sites (tertiary alicyclic amines) is 2. The molecule has 2 aromatic rings. The van der Waals surface area contributed by atoms with Crippen LogP contribution in [0.3, 0.4) is 0 Å². The summed E-state index contributed by atoms with van der Waals surface area (Å²) >= 11 is 0. The van der Waals surface area contributed by atoms with E-state index >= 15 is 0 Å². The molecule has 2 aliphatic heterocycles. The Kier molecular flexibility index (Phi) is 5.23. The summed E-state index contributed by atoms with van der Waals surface area (Å²) in [5, 5.41) is 0. The number of nitrogens with zero attached hydrogens (tertiary/aromatic N) is 3. The van der Waals surface area contributed by atoms with Gasteiger partial charge in [-0.25, -0.2) is 4.98 Å². The molecule has 1 aromatic carbocycles. The number of rotatable bonds is 5. The predicted molar refractivity (Wildman–Crippen MR) is 103 cm³/mol. The number of hydrogen-bond acceptors (Lipinski definition) is 3. The van der Waals surface area contributed by atoms with Crippen molar-refractivity contribution in [1.82, 2.24) is 19.8 Å². The third-order valence-corrected chi connectivity index (χ3v) is 5.71. The molecule has 2 amide bonds. The summed E-state index contributed by atoms with van der Waals surface area (Å²) in [5.41, 5.74) is 2.59. The van der Waals surface area contributed by atoms with Gasteiger partial charge in [0, 0.05) is 43.2 Å². The van der Waals surface area contributed by atoms with Crippen molar-refractivity contribution in [3.05, 3.63) is 42.4 Å². The highest BCUT2D eigenvalue weighted by Crippen LogP contribution is 2.25. The van der Waals surface area contributed by atoms with Gasteiger partial charge in [0.15, 0.2) is 0 Å². The van der Waals surface area contributed by atoms with E-state index in [1.165, 1.54) is 0 Å². The van der Waals surface area contributed by atoms with Crippen LogP contribution in [-0.2, 0) is 4.79 Å². The first-order chi connectivity index (χ1) is 13.2. The molecule has 6 nitrogen and oxygen atoms in total. The average Bonchev–Trinajstić information content (AvgIpc) is 3.38. The number of aromatic nitrogens is 2. The number of H-pyrrole nitrogens is 1. The van der Waals surface area contributed by atoms with Crippen molar-refractivity contribution < 1.29 is 9.59 Å². The molecule has 1 unspecified atom stereocenters. The minimum atomic E-state index is 0.0915. The number of benzene rings is 1. The number of nitrogens with one attached hydrogen (secondary N) is 1. The molecule has 4 rings (SSSR count). The molecule has 2 fully saturated rings. The highest BCUT2D eigenvalue weighted by atomic mass is 16.2. The van der Waals surface area contributed by atoms with Crippen molar-refractivity contribution in [3.8, 4) is 11.3 Å². The van der Waals surface area contributed by atoms with Gasteiger partial charge < -0.3 is 14.8 Å². The van der Waals surface area contributed by atoms with Crippen molar-refractivity contribution in [1.29, 1.82) is 0 Å². The Bertz CT molecular complexity index is 802. The predicted octanol–water partition coefficient (Wildman–Crippen LogP) is 3.08. The van der Waals surface area contributed by atoms with E-state index in [9.17, 15) is 9.59 Å². The van der Waals surface area contributed by atoms with E-state index in [1.54, 1.807) is 12.5 Å². The molecule has 142 valence electrons. The van der Waals surface area contributed by atoms with Gasteiger partial charge in [0.2, 0.25) is 5.91 Å². The fourth-order valence-corrected chi connectivity index (χ4v) is 4.21. The standard InChI is InChI=1S/C21H26N4O2/c26-20-8-4-10-24(20)12-9-18-7-1-2-11-25(18)21(27)17-6-3-5-16(13-17)19-14-22-15-23-19/h3,5-6,13-15,18H,1-2,4,7-12H2,(H,22,23). The summed E-state index contributed by atoms with van der Waals surface area (Å²) in [6, 6.07) is 7.95. The summed E-state index contributed by atoms with van der Waals surface area (Å²) in [4.78, 5) is 36.2. The fraction of sp³-hybridized carbons (Fsp3) is 0.476. The van der Waals surface area contributed by atoms with Crippen LogP contribution >= 0.6 is 0 Å². The SMILES string of the molecule is O=C1CCCN1CCC1CCCCN1C(=O)c1cccc(-c2cnc[nH]2)c1. The van der Waals surface area contributed by atoms with Gasteiger partial charge in [-0.15, -0.1) is 0 Å². The Labute approximate surface area is 159 Å². The number of hydrogen-bond donors (Lipinski definition) is 1. The summed E-state index contributed by atoms with van der Waals surface area (Å²) < 4.78 is 0. The lowest BCUT2D eigenvalue weighted by Crippen LogP contribution is -2.45. The van der Waals surface area contributed by atoms with Gasteiger partial charge in [0.05, 0.1) is 18.2 Å². The van der Waals surface area contributed by atoms with Gasteiger partial charge in [-0.1, -0.05) is 12.1 Å². The minimum absolute atomic E-state index is 0.0915. The maximum absolute atomic E-state index is 13.2. The lowest BCUT2D eigenvalue weighted by atomic mass is 9.97. The van der Waals surface area contributed by atoms with Crippen LogP contribution in [0, 0.1) is 0 Å². The number of carbonyl (C=O) groups excluding carboxylic acids is 2. The molecular weight excluding hydrogens is 340 g/mol. The first-order valence-corrected chi connectivity index (χ1v) is 9.90. The number of piperidine rings is 1. The van der Waals surface area contributed by atoms with E-state index in [4.69, 9.17) is 0 Å². The molecule has 27 heavy (non-hydrogen) atoms. The minimum Gasteiger partial charge on any atom is -0.345 e. The van der Waals surface area contributed by atoms with Crippen molar-refractivity contribution in [2.45, 2.75) is 44.6 Å². The number of aromatic amines is 1. The number of imidazole rings is 1. The van der Waals surface area contributed by atoms with Crippen LogP contribution in [-0.4, -0.2) is 57.3 Å². The molecule has 0 spiro atoms. The van der Waals surface area contributed by atoms with E-state index < -0.39 is 0 Å². The molecule has 0 saturated carbocycles. The van der Waals surface area contributed by atoms with Crippen LogP contribution in [0.15, 0.2) is 36.8 Å². The summed E-state index contributed by atoms with van der Waals surface area (Å²) in [5.74, 6) is 0.352.